The maximum absolute atomic E-state index is 12.2. The fraction of sp³-hybridized carbons (Fsp3) is 0.583. The molecule has 0 aliphatic carbocycles. The average Bonchev–Trinajstić information content (AvgIpc) is 3.20. The molecule has 198 valence electrons. The molecule has 0 aromatic heterocycles. The normalized spacial score (nSPS) is 14.7. The largest absolute Gasteiger partial charge is 0.488 e. The molecule has 0 saturated carbocycles. The molecule has 1 heterocycles. The maximum Gasteiger partial charge on any atom is 0.410 e. The van der Waals surface area contributed by atoms with E-state index in [0.717, 1.165) is 12.0 Å². The lowest BCUT2D eigenvalue weighted by Crippen LogP contribution is -2.36. The van der Waals surface area contributed by atoms with E-state index in [2.05, 4.69) is 10.1 Å². The van der Waals surface area contributed by atoms with Crippen LogP contribution in [0.5, 0.6) is 5.75 Å². The van der Waals surface area contributed by atoms with Crippen molar-refractivity contribution in [1.82, 2.24) is 10.2 Å². The molecule has 0 spiro atoms. The maximum atomic E-state index is 12.2. The summed E-state index contributed by atoms with van der Waals surface area (Å²) in [5, 5.41) is 9.64. The van der Waals surface area contributed by atoms with E-state index in [0.29, 0.717) is 31.9 Å². The Morgan fingerprint density at radius 2 is 1.63 bits per heavy atom. The minimum absolute atomic E-state index is 0.116. The van der Waals surface area contributed by atoms with Crippen LogP contribution >= 0.6 is 0 Å². The van der Waals surface area contributed by atoms with Gasteiger partial charge in [0.1, 0.15) is 23.1 Å². The lowest BCUT2D eigenvalue weighted by Gasteiger charge is -2.24. The number of carbonyl (C=O) groups excluding carboxylic acids is 3. The number of alkyl carbamates (subject to hydrolysis) is 1. The highest BCUT2D eigenvalue weighted by molar-refractivity contribution is 5.68. The number of nitrogens with zero attached hydrogens (tertiary/aromatic N) is 1. The first-order valence-electron chi connectivity index (χ1n) is 11.0. The quantitative estimate of drug-likeness (QED) is 0.460. The molecule has 1 atom stereocenters. The van der Waals surface area contributed by atoms with Gasteiger partial charge in [0.25, 0.3) is 12.9 Å². The van der Waals surface area contributed by atoms with Crippen molar-refractivity contribution < 1.29 is 43.2 Å². The number of ether oxygens (including phenoxy) is 4. The molecular formula is C24H38N2O9. The first kappa shape index (κ1) is 31.5. The van der Waals surface area contributed by atoms with Crippen molar-refractivity contribution in [1.29, 1.82) is 0 Å². The summed E-state index contributed by atoms with van der Waals surface area (Å²) in [7, 11) is 1.31. The second-order valence-corrected chi connectivity index (χ2v) is 9.36. The molecule has 2 N–H and O–H groups in total. The Bertz CT molecular complexity index is 801. The minimum atomic E-state index is -0.547. The highest BCUT2D eigenvalue weighted by Crippen LogP contribution is 2.24. The summed E-state index contributed by atoms with van der Waals surface area (Å²) in [6.07, 6.45) is -0.180. The van der Waals surface area contributed by atoms with Gasteiger partial charge in [-0.1, -0.05) is 18.2 Å². The lowest BCUT2D eigenvalue weighted by molar-refractivity contribution is -0.126. The highest BCUT2D eigenvalue weighted by Gasteiger charge is 2.31. The van der Waals surface area contributed by atoms with Crippen molar-refractivity contribution in [3.05, 3.63) is 29.8 Å². The number of carboxylic acid groups (broad SMARTS) is 1. The van der Waals surface area contributed by atoms with Gasteiger partial charge in [-0.3, -0.25) is 9.59 Å². The summed E-state index contributed by atoms with van der Waals surface area (Å²) >= 11 is 0. The Kier molecular flexibility index (Phi) is 13.9. The smallest absolute Gasteiger partial charge is 0.410 e. The van der Waals surface area contributed by atoms with Gasteiger partial charge in [0.05, 0.1) is 13.7 Å². The first-order valence-corrected chi connectivity index (χ1v) is 11.0. The van der Waals surface area contributed by atoms with Crippen LogP contribution in [0.2, 0.25) is 0 Å². The number of benzene rings is 1. The molecule has 1 fully saturated rings. The van der Waals surface area contributed by atoms with Gasteiger partial charge in [0, 0.05) is 25.1 Å². The van der Waals surface area contributed by atoms with Gasteiger partial charge in [-0.15, -0.1) is 0 Å². The van der Waals surface area contributed by atoms with E-state index in [1.807, 2.05) is 65.8 Å². The molecule has 11 nitrogen and oxygen atoms in total. The third-order valence-corrected chi connectivity index (χ3v) is 3.98. The molecule has 2 rings (SSSR count). The molecule has 1 aliphatic heterocycles. The second kappa shape index (κ2) is 15.4. The number of hydrogen-bond acceptors (Lipinski definition) is 8. The monoisotopic (exact) mass is 498 g/mol. The van der Waals surface area contributed by atoms with Crippen LogP contribution in [0.3, 0.4) is 0 Å². The van der Waals surface area contributed by atoms with Crippen molar-refractivity contribution in [3.8, 4) is 5.75 Å². The molecule has 1 aromatic rings. The Labute approximate surface area is 206 Å². The van der Waals surface area contributed by atoms with Crippen molar-refractivity contribution in [3.63, 3.8) is 0 Å². The number of hydrogen-bond donors (Lipinski definition) is 2. The molecule has 1 aromatic carbocycles. The zero-order chi connectivity index (χ0) is 27.1. The molecule has 11 heteroatoms. The standard InChI is InChI=1S/C21H32N2O5.C2H4O2.CH2O2/c1-20(2,3)27-18(24)22-13-15-9-7-8-10-17(15)26-16-11-12-23(14-16)19(25)28-21(4,5)6;1-4-2-3;2-1-3/h7-10,16H,11-14H2,1-6H3,(H,22,24);2H,1H3;1H,(H,2,3). The summed E-state index contributed by atoms with van der Waals surface area (Å²) in [5.41, 5.74) is -0.213. The van der Waals surface area contributed by atoms with Crippen molar-refractivity contribution in [2.24, 2.45) is 0 Å². The predicted octanol–water partition coefficient (Wildman–Crippen LogP) is 3.59. The SMILES string of the molecule is CC(C)(C)OC(=O)NCc1ccccc1OC1CCN(C(=O)OC(C)(C)C)C1.COC=O.O=CO. The van der Waals surface area contributed by atoms with Gasteiger partial charge in [-0.2, -0.15) is 0 Å². The average molecular weight is 499 g/mol. The topological polar surface area (TPSA) is 141 Å². The van der Waals surface area contributed by atoms with Gasteiger partial charge in [-0.05, 0) is 47.6 Å². The van der Waals surface area contributed by atoms with E-state index < -0.39 is 17.3 Å². The van der Waals surface area contributed by atoms with Crippen molar-refractivity contribution >= 4 is 25.1 Å². The lowest BCUT2D eigenvalue weighted by atomic mass is 10.2. The van der Waals surface area contributed by atoms with Gasteiger partial charge < -0.3 is 34.3 Å². The number of amides is 2. The van der Waals surface area contributed by atoms with Gasteiger partial charge in [0.15, 0.2) is 0 Å². The van der Waals surface area contributed by atoms with Crippen LogP contribution < -0.4 is 10.1 Å². The molecular weight excluding hydrogens is 460 g/mol. The number of carbonyl (C=O) groups is 4. The van der Waals surface area contributed by atoms with Crippen LogP contribution in [-0.2, 0) is 30.3 Å². The van der Waals surface area contributed by atoms with Crippen LogP contribution in [0, 0.1) is 0 Å². The van der Waals surface area contributed by atoms with E-state index in [-0.39, 0.29) is 18.7 Å². The van der Waals surface area contributed by atoms with Crippen LogP contribution in [0.25, 0.3) is 0 Å². The van der Waals surface area contributed by atoms with E-state index in [9.17, 15) is 9.59 Å². The molecule has 1 aliphatic rings. The first-order chi connectivity index (χ1) is 16.3. The third-order valence-electron chi connectivity index (χ3n) is 3.98. The fourth-order valence-corrected chi connectivity index (χ4v) is 2.74. The number of likely N-dealkylation sites (tertiary alicyclic amines) is 1. The van der Waals surface area contributed by atoms with E-state index in [1.54, 1.807) is 4.90 Å². The zero-order valence-corrected chi connectivity index (χ0v) is 21.5. The number of nitrogens with one attached hydrogen (secondary N) is 1. The Morgan fingerprint density at radius 3 is 2.14 bits per heavy atom. The second-order valence-electron chi connectivity index (χ2n) is 9.36. The van der Waals surface area contributed by atoms with Crippen molar-refractivity contribution in [2.45, 2.75) is 71.8 Å². The Hall–Kier alpha value is -3.50. The molecule has 0 bridgehead atoms. The summed E-state index contributed by atoms with van der Waals surface area (Å²) in [6, 6.07) is 7.53. The summed E-state index contributed by atoms with van der Waals surface area (Å²) in [5.74, 6) is 0.689. The van der Waals surface area contributed by atoms with Crippen LogP contribution in [0.4, 0.5) is 9.59 Å². The van der Waals surface area contributed by atoms with Gasteiger partial charge in [-0.25, -0.2) is 9.59 Å². The predicted molar refractivity (Wildman–Crippen MR) is 128 cm³/mol. The third kappa shape index (κ3) is 15.1. The highest BCUT2D eigenvalue weighted by atomic mass is 16.6. The Morgan fingerprint density at radius 1 is 1.09 bits per heavy atom. The fourth-order valence-electron chi connectivity index (χ4n) is 2.74. The van der Waals surface area contributed by atoms with E-state index >= 15 is 0 Å². The Balaban J connectivity index is 0.00000146. The summed E-state index contributed by atoms with van der Waals surface area (Å²) in [4.78, 5) is 43.1. The zero-order valence-electron chi connectivity index (χ0n) is 21.5. The van der Waals surface area contributed by atoms with Gasteiger partial charge >= 0.3 is 12.2 Å². The number of methoxy groups -OCH3 is 1. The molecule has 0 radical (unpaired) electrons. The van der Waals surface area contributed by atoms with Crippen LogP contribution in [0.15, 0.2) is 24.3 Å². The number of rotatable bonds is 5. The molecule has 2 amide bonds. The molecule has 1 unspecified atom stereocenters. The van der Waals surface area contributed by atoms with Crippen molar-refractivity contribution in [2.75, 3.05) is 20.2 Å². The summed E-state index contributed by atoms with van der Waals surface area (Å²) < 4.78 is 20.7. The number of para-hydroxylation sites is 1. The van der Waals surface area contributed by atoms with E-state index in [4.69, 9.17) is 28.9 Å². The molecule has 35 heavy (non-hydrogen) atoms. The van der Waals surface area contributed by atoms with Gasteiger partial charge in [0.2, 0.25) is 0 Å². The molecule has 1 saturated heterocycles. The van der Waals surface area contributed by atoms with Crippen LogP contribution in [-0.4, -0.2) is 72.6 Å². The minimum Gasteiger partial charge on any atom is -0.488 e. The van der Waals surface area contributed by atoms with E-state index in [1.165, 1.54) is 7.11 Å². The summed E-state index contributed by atoms with van der Waals surface area (Å²) in [6.45, 7) is 12.5. The van der Waals surface area contributed by atoms with Crippen LogP contribution in [0.1, 0.15) is 53.5 Å².